The second-order valence-electron chi connectivity index (χ2n) is 6.85. The van der Waals surface area contributed by atoms with Gasteiger partial charge in [-0.3, -0.25) is 4.79 Å². The third kappa shape index (κ3) is 3.45. The predicted octanol–water partition coefficient (Wildman–Crippen LogP) is 4.68. The molecule has 1 fully saturated rings. The summed E-state index contributed by atoms with van der Waals surface area (Å²) in [5.41, 5.74) is 2.76. The lowest BCUT2D eigenvalue weighted by molar-refractivity contribution is -0.124. The third-order valence-corrected chi connectivity index (χ3v) is 5.64. The van der Waals surface area contributed by atoms with E-state index >= 15 is 0 Å². The number of rotatable bonds is 6. The molecule has 3 rings (SSSR count). The number of hydrogen-bond acceptors (Lipinski definition) is 3. The van der Waals surface area contributed by atoms with Gasteiger partial charge in [0.2, 0.25) is 5.91 Å². The van der Waals surface area contributed by atoms with Crippen molar-refractivity contribution in [1.82, 2.24) is 5.32 Å². The van der Waals surface area contributed by atoms with Gasteiger partial charge in [-0.15, -0.1) is 0 Å². The van der Waals surface area contributed by atoms with Crippen LogP contribution in [0, 0.1) is 6.92 Å². The molecule has 1 amide bonds. The monoisotopic (exact) mass is 417 g/mol. The SMILES string of the molecule is COc1cc(C)c(C(C)NC(=O)C2(c3cccc(Br)c3)CC2)cc1OC. The quantitative estimate of drug-likeness (QED) is 0.741. The summed E-state index contributed by atoms with van der Waals surface area (Å²) >= 11 is 3.50. The fourth-order valence-electron chi connectivity index (χ4n) is 3.43. The van der Waals surface area contributed by atoms with Crippen LogP contribution in [0.25, 0.3) is 0 Å². The molecule has 1 unspecified atom stereocenters. The Labute approximate surface area is 163 Å². The minimum atomic E-state index is -0.400. The van der Waals surface area contributed by atoms with Crippen LogP contribution in [-0.4, -0.2) is 20.1 Å². The van der Waals surface area contributed by atoms with E-state index in [0.717, 1.165) is 34.0 Å². The van der Waals surface area contributed by atoms with Crippen molar-refractivity contribution in [1.29, 1.82) is 0 Å². The van der Waals surface area contributed by atoms with Gasteiger partial charge in [-0.25, -0.2) is 0 Å². The first-order valence-corrected chi connectivity index (χ1v) is 9.50. The zero-order valence-electron chi connectivity index (χ0n) is 15.6. The fraction of sp³-hybridized carbons (Fsp3) is 0.381. The molecular weight excluding hydrogens is 394 g/mol. The summed E-state index contributed by atoms with van der Waals surface area (Å²) in [4.78, 5) is 13.0. The summed E-state index contributed by atoms with van der Waals surface area (Å²) in [6, 6.07) is 11.8. The molecule has 26 heavy (non-hydrogen) atoms. The number of ether oxygens (including phenoxy) is 2. The van der Waals surface area contributed by atoms with E-state index in [0.29, 0.717) is 11.5 Å². The molecule has 1 saturated carbocycles. The van der Waals surface area contributed by atoms with Crippen molar-refractivity contribution in [3.8, 4) is 11.5 Å². The number of aryl methyl sites for hydroxylation is 1. The number of halogens is 1. The number of carbonyl (C=O) groups is 1. The van der Waals surface area contributed by atoms with Crippen molar-refractivity contribution in [2.75, 3.05) is 14.2 Å². The maximum atomic E-state index is 13.0. The number of hydrogen-bond donors (Lipinski definition) is 1. The van der Waals surface area contributed by atoms with Crippen LogP contribution < -0.4 is 14.8 Å². The van der Waals surface area contributed by atoms with E-state index in [4.69, 9.17) is 9.47 Å². The van der Waals surface area contributed by atoms with Crippen molar-refractivity contribution >= 4 is 21.8 Å². The van der Waals surface area contributed by atoms with Crippen LogP contribution in [0.4, 0.5) is 0 Å². The van der Waals surface area contributed by atoms with Gasteiger partial charge in [0, 0.05) is 4.47 Å². The van der Waals surface area contributed by atoms with E-state index < -0.39 is 5.41 Å². The first-order chi connectivity index (χ1) is 12.4. The molecule has 4 nitrogen and oxygen atoms in total. The minimum Gasteiger partial charge on any atom is -0.493 e. The normalized spacial score (nSPS) is 15.9. The number of amides is 1. The average Bonchev–Trinajstić information content (AvgIpc) is 3.43. The van der Waals surface area contributed by atoms with E-state index in [-0.39, 0.29) is 11.9 Å². The van der Waals surface area contributed by atoms with Gasteiger partial charge in [0.05, 0.1) is 25.7 Å². The molecule has 138 valence electrons. The standard InChI is InChI=1S/C21H24BrNO3/c1-13-10-18(25-3)19(26-4)12-17(13)14(2)23-20(24)21(8-9-21)15-6-5-7-16(22)11-15/h5-7,10-12,14H,8-9H2,1-4H3,(H,23,24). The lowest BCUT2D eigenvalue weighted by Crippen LogP contribution is -2.36. The van der Waals surface area contributed by atoms with Gasteiger partial charge in [0.1, 0.15) is 0 Å². The molecule has 2 aromatic rings. The Morgan fingerprint density at radius 2 is 1.81 bits per heavy atom. The third-order valence-electron chi connectivity index (χ3n) is 5.15. The maximum absolute atomic E-state index is 13.0. The van der Waals surface area contributed by atoms with Gasteiger partial charge in [-0.05, 0) is 67.6 Å². The molecule has 0 spiro atoms. The van der Waals surface area contributed by atoms with Gasteiger partial charge in [0.25, 0.3) is 0 Å². The Morgan fingerprint density at radius 1 is 1.15 bits per heavy atom. The van der Waals surface area contributed by atoms with Crippen LogP contribution >= 0.6 is 15.9 Å². The van der Waals surface area contributed by atoms with Gasteiger partial charge < -0.3 is 14.8 Å². The van der Waals surface area contributed by atoms with Crippen LogP contribution in [-0.2, 0) is 10.2 Å². The number of nitrogens with one attached hydrogen (secondary N) is 1. The van der Waals surface area contributed by atoms with Gasteiger partial charge in [-0.1, -0.05) is 28.1 Å². The van der Waals surface area contributed by atoms with Gasteiger partial charge in [-0.2, -0.15) is 0 Å². The number of benzene rings is 2. The number of methoxy groups -OCH3 is 2. The molecule has 5 heteroatoms. The molecular formula is C21H24BrNO3. The molecule has 1 N–H and O–H groups in total. The van der Waals surface area contributed by atoms with Crippen LogP contribution in [0.15, 0.2) is 40.9 Å². The molecule has 0 radical (unpaired) electrons. The summed E-state index contributed by atoms with van der Waals surface area (Å²) in [6.45, 7) is 4.02. The van der Waals surface area contributed by atoms with E-state index in [1.807, 2.05) is 50.2 Å². The fourth-order valence-corrected chi connectivity index (χ4v) is 3.83. The van der Waals surface area contributed by atoms with Crippen molar-refractivity contribution < 1.29 is 14.3 Å². The zero-order chi connectivity index (χ0) is 18.9. The Balaban J connectivity index is 1.82. The Hall–Kier alpha value is -2.01. The largest absolute Gasteiger partial charge is 0.493 e. The van der Waals surface area contributed by atoms with E-state index in [9.17, 15) is 4.79 Å². The lowest BCUT2D eigenvalue weighted by atomic mass is 9.93. The van der Waals surface area contributed by atoms with Crippen LogP contribution in [0.2, 0.25) is 0 Å². The molecule has 1 atom stereocenters. The van der Waals surface area contributed by atoms with Crippen molar-refractivity contribution in [3.05, 3.63) is 57.6 Å². The second kappa shape index (κ2) is 7.31. The van der Waals surface area contributed by atoms with Crippen LogP contribution in [0.3, 0.4) is 0 Å². The highest BCUT2D eigenvalue weighted by Crippen LogP contribution is 2.49. The predicted molar refractivity (Wildman–Crippen MR) is 106 cm³/mol. The van der Waals surface area contributed by atoms with Crippen LogP contribution in [0.5, 0.6) is 11.5 Å². The Kier molecular flexibility index (Phi) is 5.28. The molecule has 1 aliphatic rings. The summed E-state index contributed by atoms with van der Waals surface area (Å²) in [6.07, 6.45) is 1.76. The van der Waals surface area contributed by atoms with Crippen molar-refractivity contribution in [3.63, 3.8) is 0 Å². The van der Waals surface area contributed by atoms with E-state index in [1.165, 1.54) is 0 Å². The van der Waals surface area contributed by atoms with E-state index in [2.05, 4.69) is 21.2 Å². The van der Waals surface area contributed by atoms with Crippen molar-refractivity contribution in [2.45, 2.75) is 38.1 Å². The van der Waals surface area contributed by atoms with Gasteiger partial charge in [0.15, 0.2) is 11.5 Å². The Bertz CT molecular complexity index is 830. The van der Waals surface area contributed by atoms with Crippen molar-refractivity contribution in [2.24, 2.45) is 0 Å². The summed E-state index contributed by atoms with van der Waals surface area (Å²) in [7, 11) is 3.24. The molecule has 1 aliphatic carbocycles. The highest BCUT2D eigenvalue weighted by molar-refractivity contribution is 9.10. The second-order valence-corrected chi connectivity index (χ2v) is 7.77. The molecule has 0 aliphatic heterocycles. The van der Waals surface area contributed by atoms with Gasteiger partial charge >= 0.3 is 0 Å². The smallest absolute Gasteiger partial charge is 0.231 e. The molecule has 0 aromatic heterocycles. The summed E-state index contributed by atoms with van der Waals surface area (Å²) in [5.74, 6) is 1.44. The number of carbonyl (C=O) groups excluding carboxylic acids is 1. The van der Waals surface area contributed by atoms with Crippen LogP contribution in [0.1, 0.15) is 42.5 Å². The first-order valence-electron chi connectivity index (χ1n) is 8.71. The zero-order valence-corrected chi connectivity index (χ0v) is 17.1. The average molecular weight is 418 g/mol. The molecule has 0 heterocycles. The molecule has 2 aromatic carbocycles. The summed E-state index contributed by atoms with van der Waals surface area (Å²) < 4.78 is 11.8. The first kappa shape index (κ1) is 18.8. The lowest BCUT2D eigenvalue weighted by Gasteiger charge is -2.22. The molecule has 0 bridgehead atoms. The topological polar surface area (TPSA) is 47.6 Å². The maximum Gasteiger partial charge on any atom is 0.231 e. The highest BCUT2D eigenvalue weighted by Gasteiger charge is 2.51. The van der Waals surface area contributed by atoms with E-state index in [1.54, 1.807) is 14.2 Å². The molecule has 0 saturated heterocycles. The Morgan fingerprint density at radius 3 is 2.38 bits per heavy atom. The highest BCUT2D eigenvalue weighted by atomic mass is 79.9. The minimum absolute atomic E-state index is 0.0808. The summed E-state index contributed by atoms with van der Waals surface area (Å²) in [5, 5.41) is 3.20.